The maximum atomic E-state index is 13.5. The van der Waals surface area contributed by atoms with Crippen LogP contribution in [0.4, 0.5) is 5.69 Å². The highest BCUT2D eigenvalue weighted by atomic mass is 16.3. The van der Waals surface area contributed by atoms with Crippen LogP contribution in [0.15, 0.2) is 53.3 Å². The molecule has 3 N–H and O–H groups in total. The van der Waals surface area contributed by atoms with E-state index in [1.165, 1.54) is 4.57 Å². The molecule has 158 valence electrons. The highest BCUT2D eigenvalue weighted by Gasteiger charge is 2.50. The standard InChI is InChI=1S/C23H22N4O4/c1-12(2)18-19-24-15-9-5-3-7-13(15)21(29)27(19)17(20(28)26-18)11-23(31)14-8-4-6-10-16(14)25-22(23)30/h3-10,12,17-18,31H,11H2,1-2H3,(H,25,30)(H,26,28)/t17-,18+,23-/m1/s1. The number of aromatic nitrogens is 2. The quantitative estimate of drug-likeness (QED) is 0.602. The molecule has 31 heavy (non-hydrogen) atoms. The van der Waals surface area contributed by atoms with Crippen molar-refractivity contribution < 1.29 is 14.7 Å². The summed E-state index contributed by atoms with van der Waals surface area (Å²) in [6.45, 7) is 3.87. The van der Waals surface area contributed by atoms with E-state index in [2.05, 4.69) is 10.6 Å². The molecule has 0 saturated carbocycles. The zero-order valence-electron chi connectivity index (χ0n) is 17.1. The second kappa shape index (κ2) is 6.75. The van der Waals surface area contributed by atoms with Crippen molar-refractivity contribution in [2.45, 2.75) is 38.0 Å². The fourth-order valence-electron chi connectivity index (χ4n) is 4.55. The van der Waals surface area contributed by atoms with Crippen molar-refractivity contribution in [1.29, 1.82) is 0 Å². The minimum atomic E-state index is -1.94. The van der Waals surface area contributed by atoms with Crippen LogP contribution in [0.1, 0.15) is 43.7 Å². The predicted molar refractivity (Wildman–Crippen MR) is 114 cm³/mol. The van der Waals surface area contributed by atoms with Crippen LogP contribution in [0.2, 0.25) is 0 Å². The van der Waals surface area contributed by atoms with Gasteiger partial charge in [-0.25, -0.2) is 4.98 Å². The Hall–Kier alpha value is -3.52. The largest absolute Gasteiger partial charge is 0.375 e. The van der Waals surface area contributed by atoms with Crippen molar-refractivity contribution in [2.75, 3.05) is 5.32 Å². The topological polar surface area (TPSA) is 113 Å². The monoisotopic (exact) mass is 418 g/mol. The maximum absolute atomic E-state index is 13.5. The minimum Gasteiger partial charge on any atom is -0.375 e. The van der Waals surface area contributed by atoms with Crippen LogP contribution in [0.3, 0.4) is 0 Å². The van der Waals surface area contributed by atoms with Crippen molar-refractivity contribution in [3.63, 3.8) is 0 Å². The molecular formula is C23H22N4O4. The third-order valence-corrected chi connectivity index (χ3v) is 6.18. The molecule has 0 aliphatic carbocycles. The number of rotatable bonds is 3. The summed E-state index contributed by atoms with van der Waals surface area (Å²) in [5.74, 6) is -0.617. The van der Waals surface area contributed by atoms with E-state index in [9.17, 15) is 19.5 Å². The highest BCUT2D eigenvalue weighted by Crippen LogP contribution is 2.42. The van der Waals surface area contributed by atoms with Gasteiger partial charge in [0, 0.05) is 17.7 Å². The van der Waals surface area contributed by atoms with Gasteiger partial charge >= 0.3 is 0 Å². The molecule has 0 unspecified atom stereocenters. The molecule has 3 atom stereocenters. The molecule has 8 nitrogen and oxygen atoms in total. The fourth-order valence-corrected chi connectivity index (χ4v) is 4.55. The number of benzene rings is 2. The van der Waals surface area contributed by atoms with Crippen LogP contribution in [0.25, 0.3) is 10.9 Å². The average Bonchev–Trinajstić information content (AvgIpc) is 3.00. The van der Waals surface area contributed by atoms with Crippen molar-refractivity contribution in [2.24, 2.45) is 5.92 Å². The molecule has 2 amide bonds. The third kappa shape index (κ3) is 2.79. The van der Waals surface area contributed by atoms with Gasteiger partial charge < -0.3 is 15.7 Å². The van der Waals surface area contributed by atoms with Crippen LogP contribution in [0.5, 0.6) is 0 Å². The van der Waals surface area contributed by atoms with Crippen molar-refractivity contribution in [1.82, 2.24) is 14.9 Å². The molecule has 0 bridgehead atoms. The van der Waals surface area contributed by atoms with Crippen LogP contribution >= 0.6 is 0 Å². The zero-order chi connectivity index (χ0) is 21.9. The molecule has 8 heteroatoms. The van der Waals surface area contributed by atoms with E-state index >= 15 is 0 Å². The molecule has 0 fully saturated rings. The van der Waals surface area contributed by atoms with E-state index in [1.54, 1.807) is 48.5 Å². The molecule has 2 aliphatic rings. The van der Waals surface area contributed by atoms with Gasteiger partial charge in [-0.05, 0) is 24.1 Å². The normalized spacial score (nSPS) is 24.6. The SMILES string of the molecule is CC(C)[C@@H]1NC(=O)[C@@H](C[C@]2(O)C(=O)Nc3ccccc32)n2c1nc1ccccc1c2=O. The molecule has 3 heterocycles. The summed E-state index contributed by atoms with van der Waals surface area (Å²) in [5, 5.41) is 17.3. The minimum absolute atomic E-state index is 0.0113. The second-order valence-electron chi connectivity index (χ2n) is 8.47. The van der Waals surface area contributed by atoms with Crippen LogP contribution < -0.4 is 16.2 Å². The first-order valence-electron chi connectivity index (χ1n) is 10.3. The van der Waals surface area contributed by atoms with Crippen molar-refractivity contribution in [3.05, 3.63) is 70.3 Å². The van der Waals surface area contributed by atoms with Crippen LogP contribution in [0, 0.1) is 5.92 Å². The number of carbonyl (C=O) groups is 2. The van der Waals surface area contributed by atoms with Gasteiger partial charge in [0.25, 0.3) is 11.5 Å². The van der Waals surface area contributed by atoms with E-state index in [0.717, 1.165) is 0 Å². The lowest BCUT2D eigenvalue weighted by atomic mass is 9.86. The van der Waals surface area contributed by atoms with Gasteiger partial charge in [0.15, 0.2) is 5.60 Å². The Morgan fingerprint density at radius 1 is 1.10 bits per heavy atom. The Morgan fingerprint density at radius 3 is 2.58 bits per heavy atom. The summed E-state index contributed by atoms with van der Waals surface area (Å²) in [4.78, 5) is 44.0. The van der Waals surface area contributed by atoms with Gasteiger partial charge in [0.1, 0.15) is 11.9 Å². The van der Waals surface area contributed by atoms with Gasteiger partial charge in [-0.3, -0.25) is 19.0 Å². The van der Waals surface area contributed by atoms with E-state index in [-0.39, 0.29) is 17.9 Å². The Morgan fingerprint density at radius 2 is 1.81 bits per heavy atom. The Bertz CT molecular complexity index is 1300. The van der Waals surface area contributed by atoms with Crippen LogP contribution in [-0.4, -0.2) is 26.5 Å². The first kappa shape index (κ1) is 19.4. The Balaban J connectivity index is 1.70. The maximum Gasteiger partial charge on any atom is 0.262 e. The number of hydrogen-bond acceptors (Lipinski definition) is 5. The fraction of sp³-hybridized carbons (Fsp3) is 0.304. The number of para-hydroxylation sites is 2. The number of carbonyl (C=O) groups excluding carboxylic acids is 2. The van der Waals surface area contributed by atoms with Crippen molar-refractivity contribution >= 4 is 28.4 Å². The summed E-state index contributed by atoms with van der Waals surface area (Å²) in [6.07, 6.45) is -0.278. The first-order chi connectivity index (χ1) is 14.8. The Labute approximate surface area is 177 Å². The smallest absolute Gasteiger partial charge is 0.262 e. The number of nitrogens with zero attached hydrogens (tertiary/aromatic N) is 2. The lowest BCUT2D eigenvalue weighted by molar-refractivity contribution is -0.139. The van der Waals surface area contributed by atoms with E-state index in [4.69, 9.17) is 4.98 Å². The second-order valence-corrected chi connectivity index (χ2v) is 8.47. The number of aliphatic hydroxyl groups is 1. The summed E-state index contributed by atoms with van der Waals surface area (Å²) in [5.41, 5.74) is -0.869. The molecule has 5 rings (SSSR count). The molecule has 1 aromatic heterocycles. The van der Waals surface area contributed by atoms with E-state index in [0.29, 0.717) is 28.0 Å². The number of anilines is 1. The predicted octanol–water partition coefficient (Wildman–Crippen LogP) is 1.99. The number of hydrogen-bond donors (Lipinski definition) is 3. The molecule has 2 aliphatic heterocycles. The van der Waals surface area contributed by atoms with Gasteiger partial charge in [0.2, 0.25) is 5.91 Å². The lowest BCUT2D eigenvalue weighted by Gasteiger charge is -2.36. The summed E-state index contributed by atoms with van der Waals surface area (Å²) in [6, 6.07) is 12.2. The molecular weight excluding hydrogens is 396 g/mol. The van der Waals surface area contributed by atoms with Crippen LogP contribution in [-0.2, 0) is 15.2 Å². The summed E-state index contributed by atoms with van der Waals surface area (Å²) >= 11 is 0. The van der Waals surface area contributed by atoms with E-state index < -0.39 is 29.5 Å². The first-order valence-corrected chi connectivity index (χ1v) is 10.3. The number of amides is 2. The molecule has 0 spiro atoms. The molecule has 0 radical (unpaired) electrons. The van der Waals surface area contributed by atoms with Gasteiger partial charge in [0.05, 0.1) is 16.9 Å². The van der Waals surface area contributed by atoms with E-state index in [1.807, 2.05) is 13.8 Å². The summed E-state index contributed by atoms with van der Waals surface area (Å²) < 4.78 is 1.36. The third-order valence-electron chi connectivity index (χ3n) is 6.18. The van der Waals surface area contributed by atoms with Gasteiger partial charge in [-0.15, -0.1) is 0 Å². The van der Waals surface area contributed by atoms with Crippen molar-refractivity contribution in [3.8, 4) is 0 Å². The molecule has 0 saturated heterocycles. The lowest BCUT2D eigenvalue weighted by Crippen LogP contribution is -2.51. The highest BCUT2D eigenvalue weighted by molar-refractivity contribution is 6.05. The van der Waals surface area contributed by atoms with Gasteiger partial charge in [-0.2, -0.15) is 0 Å². The molecule has 2 aromatic carbocycles. The number of fused-ring (bicyclic) bond motifs is 3. The number of nitrogens with one attached hydrogen (secondary N) is 2. The average molecular weight is 418 g/mol. The Kier molecular flexibility index (Phi) is 4.23. The summed E-state index contributed by atoms with van der Waals surface area (Å²) in [7, 11) is 0. The van der Waals surface area contributed by atoms with Gasteiger partial charge in [-0.1, -0.05) is 44.2 Å². The zero-order valence-corrected chi connectivity index (χ0v) is 17.1. The molecule has 3 aromatic rings.